The molecule has 2 fully saturated rings. The summed E-state index contributed by atoms with van der Waals surface area (Å²) in [6, 6.07) is -0.854. The van der Waals surface area contributed by atoms with E-state index in [1.165, 1.54) is 28.4 Å². The molecule has 0 unspecified atom stereocenters. The Balaban J connectivity index is 1.52. The highest BCUT2D eigenvalue weighted by atomic mass is 32.2. The van der Waals surface area contributed by atoms with Crippen LogP contribution < -0.4 is 11.1 Å². The van der Waals surface area contributed by atoms with Crippen LogP contribution in [-0.2, 0) is 19.2 Å². The molecule has 1 saturated heterocycles. The minimum absolute atomic E-state index is 0.0169. The topological polar surface area (TPSA) is 147 Å². The van der Waals surface area contributed by atoms with Crippen LogP contribution in [0.25, 0.3) is 0 Å². The number of hydrogen-bond donors (Lipinski definition) is 3. The molecule has 13 heteroatoms. The van der Waals surface area contributed by atoms with Crippen molar-refractivity contribution in [2.45, 2.75) is 30.4 Å². The number of carboxylic acid groups (broad SMARTS) is 1. The van der Waals surface area contributed by atoms with Crippen molar-refractivity contribution < 1.29 is 24.3 Å². The Bertz CT molecular complexity index is 941. The molecule has 0 bridgehead atoms. The van der Waals surface area contributed by atoms with Crippen molar-refractivity contribution in [3.63, 3.8) is 0 Å². The molecule has 154 valence electrons. The van der Waals surface area contributed by atoms with Crippen molar-refractivity contribution in [2.24, 2.45) is 5.16 Å². The smallest absolute Gasteiger partial charge is 0.353 e. The predicted octanol–water partition coefficient (Wildman–Crippen LogP) is 0.668. The van der Waals surface area contributed by atoms with Gasteiger partial charge in [0.05, 0.1) is 0 Å². The highest BCUT2D eigenvalue weighted by molar-refractivity contribution is 8.05. The van der Waals surface area contributed by atoms with Crippen LogP contribution in [0, 0.1) is 0 Å². The number of nitrogens with zero attached hydrogens (tertiary/aromatic N) is 3. The number of carboxylic acids is 1. The molecule has 4 rings (SSSR count). The molecule has 10 nitrogen and oxygen atoms in total. The van der Waals surface area contributed by atoms with Gasteiger partial charge in [-0.3, -0.25) is 14.5 Å². The molecule has 3 aliphatic rings. The van der Waals surface area contributed by atoms with Gasteiger partial charge in [0.25, 0.3) is 11.8 Å². The van der Waals surface area contributed by atoms with Crippen LogP contribution in [0.4, 0.5) is 5.13 Å². The third-order valence-corrected chi connectivity index (χ3v) is 7.43. The summed E-state index contributed by atoms with van der Waals surface area (Å²) < 4.78 is 0. The van der Waals surface area contributed by atoms with E-state index in [4.69, 9.17) is 10.6 Å². The fourth-order valence-corrected chi connectivity index (χ4v) is 5.65. The van der Waals surface area contributed by atoms with Crippen LogP contribution >= 0.6 is 34.9 Å². The van der Waals surface area contributed by atoms with Gasteiger partial charge in [0.2, 0.25) is 0 Å². The van der Waals surface area contributed by atoms with Gasteiger partial charge in [0, 0.05) is 16.0 Å². The number of carbonyl (C=O) groups excluding carboxylic acids is 2. The van der Waals surface area contributed by atoms with Gasteiger partial charge >= 0.3 is 5.97 Å². The van der Waals surface area contributed by atoms with E-state index in [9.17, 15) is 19.5 Å². The summed E-state index contributed by atoms with van der Waals surface area (Å²) in [5.74, 6) is -1.79. The maximum Gasteiger partial charge on any atom is 0.353 e. The number of aromatic nitrogens is 1. The zero-order valence-corrected chi connectivity index (χ0v) is 17.6. The van der Waals surface area contributed by atoms with E-state index in [0.29, 0.717) is 10.7 Å². The molecule has 0 radical (unpaired) electrons. The molecular formula is C16H17N5O5S3. The van der Waals surface area contributed by atoms with Crippen LogP contribution in [-0.4, -0.2) is 68.0 Å². The summed E-state index contributed by atoms with van der Waals surface area (Å²) in [5, 5.41) is 17.5. The quantitative estimate of drug-likeness (QED) is 0.306. The molecule has 29 heavy (non-hydrogen) atoms. The zero-order chi connectivity index (χ0) is 20.7. The lowest BCUT2D eigenvalue weighted by molar-refractivity contribution is -0.150. The van der Waals surface area contributed by atoms with Crippen molar-refractivity contribution in [1.29, 1.82) is 0 Å². The summed E-state index contributed by atoms with van der Waals surface area (Å²) >= 11 is 3.87. The maximum atomic E-state index is 12.8. The standard InChI is InChI=1S/C16H17N5O5S3/c1-27-8-5-28-14-10(13(23)21(14)11(8)15(24)25)19-12(22)9(20-26-6-2-3-6)7-4-29-16(17)18-7/h4,6,10,14H,2-3,5H2,1H3,(H2,17,18)(H,19,22)(H,24,25)/b20-9+/t10-,14-/m1/s1. The van der Waals surface area contributed by atoms with Crippen LogP contribution in [0.15, 0.2) is 21.1 Å². The summed E-state index contributed by atoms with van der Waals surface area (Å²) in [7, 11) is 0. The van der Waals surface area contributed by atoms with Crippen molar-refractivity contribution in [3.05, 3.63) is 21.7 Å². The number of nitrogens with two attached hydrogens (primary N) is 1. The number of nitrogens with one attached hydrogen (secondary N) is 1. The number of oxime groups is 1. The number of fused-ring (bicyclic) bond motifs is 1. The van der Waals surface area contributed by atoms with Crippen LogP contribution in [0.1, 0.15) is 18.5 Å². The SMILES string of the molecule is CSC1=C(C(=O)O)N2C(=O)[C@@H](NC(=O)/C(=N/OC3CC3)c3csc(N)n3)[C@H]2SC1. The van der Waals surface area contributed by atoms with Gasteiger partial charge in [-0.1, -0.05) is 5.16 Å². The van der Waals surface area contributed by atoms with Crippen molar-refractivity contribution >= 4 is 63.5 Å². The van der Waals surface area contributed by atoms with Gasteiger partial charge in [0.1, 0.15) is 28.9 Å². The summed E-state index contributed by atoms with van der Waals surface area (Å²) in [4.78, 5) is 48.3. The molecule has 3 heterocycles. The van der Waals surface area contributed by atoms with E-state index < -0.39 is 29.2 Å². The van der Waals surface area contributed by atoms with E-state index in [1.807, 2.05) is 0 Å². The van der Waals surface area contributed by atoms with E-state index >= 15 is 0 Å². The van der Waals surface area contributed by atoms with Crippen molar-refractivity contribution in [2.75, 3.05) is 17.7 Å². The van der Waals surface area contributed by atoms with E-state index in [2.05, 4.69) is 15.5 Å². The number of nitrogen functional groups attached to an aromatic ring is 1. The second-order valence-electron chi connectivity index (χ2n) is 6.46. The highest BCUT2D eigenvalue weighted by Crippen LogP contribution is 2.42. The first-order chi connectivity index (χ1) is 13.9. The molecule has 0 aromatic carbocycles. The number of anilines is 1. The second-order valence-corrected chi connectivity index (χ2v) is 9.35. The third kappa shape index (κ3) is 3.81. The molecule has 2 aliphatic heterocycles. The van der Waals surface area contributed by atoms with Crippen LogP contribution in [0.5, 0.6) is 0 Å². The Morgan fingerprint density at radius 1 is 1.48 bits per heavy atom. The van der Waals surface area contributed by atoms with Gasteiger partial charge in [0.15, 0.2) is 10.8 Å². The number of hydrogen-bond acceptors (Lipinski definition) is 10. The molecular weight excluding hydrogens is 438 g/mol. The summed E-state index contributed by atoms with van der Waals surface area (Å²) in [6.07, 6.45) is 3.49. The van der Waals surface area contributed by atoms with Crippen molar-refractivity contribution in [3.8, 4) is 0 Å². The number of thioether (sulfide) groups is 2. The van der Waals surface area contributed by atoms with E-state index in [-0.39, 0.29) is 28.3 Å². The summed E-state index contributed by atoms with van der Waals surface area (Å²) in [6.45, 7) is 0. The number of β-lactam (4-membered cyclic amide) rings is 1. The Morgan fingerprint density at radius 2 is 2.24 bits per heavy atom. The number of amides is 2. The average molecular weight is 456 g/mol. The van der Waals surface area contributed by atoms with Gasteiger partial charge in [-0.25, -0.2) is 9.78 Å². The molecule has 1 aliphatic carbocycles. The van der Waals surface area contributed by atoms with Gasteiger partial charge in [-0.2, -0.15) is 0 Å². The summed E-state index contributed by atoms with van der Waals surface area (Å²) in [5.41, 5.74) is 5.84. The molecule has 1 aromatic heterocycles. The first kappa shape index (κ1) is 20.0. The average Bonchev–Trinajstić information content (AvgIpc) is 3.43. The van der Waals surface area contributed by atoms with Crippen molar-refractivity contribution in [1.82, 2.24) is 15.2 Å². The lowest BCUT2D eigenvalue weighted by Crippen LogP contribution is -2.71. The number of thiazole rings is 1. The maximum absolute atomic E-state index is 12.8. The molecule has 1 aromatic rings. The Labute approximate surface area is 177 Å². The fourth-order valence-electron chi connectivity index (χ4n) is 2.86. The minimum Gasteiger partial charge on any atom is -0.477 e. The second kappa shape index (κ2) is 7.88. The first-order valence-electron chi connectivity index (χ1n) is 8.62. The molecule has 2 atom stereocenters. The fraction of sp³-hybridized carbons (Fsp3) is 0.438. The zero-order valence-electron chi connectivity index (χ0n) is 15.2. The van der Waals surface area contributed by atoms with E-state index in [1.54, 1.807) is 11.6 Å². The van der Waals surface area contributed by atoms with Gasteiger partial charge in [-0.05, 0) is 19.1 Å². The highest BCUT2D eigenvalue weighted by Gasteiger charge is 2.54. The lowest BCUT2D eigenvalue weighted by atomic mass is 10.0. The largest absolute Gasteiger partial charge is 0.477 e. The predicted molar refractivity (Wildman–Crippen MR) is 110 cm³/mol. The molecule has 1 saturated carbocycles. The Morgan fingerprint density at radius 3 is 2.83 bits per heavy atom. The number of carbonyl (C=O) groups is 3. The lowest BCUT2D eigenvalue weighted by Gasteiger charge is -2.49. The van der Waals surface area contributed by atoms with Crippen LogP contribution in [0.2, 0.25) is 0 Å². The normalized spacial score (nSPS) is 24.1. The third-order valence-electron chi connectivity index (χ3n) is 4.47. The minimum atomic E-state index is -1.16. The molecule has 2 amide bonds. The van der Waals surface area contributed by atoms with Crippen LogP contribution in [0.3, 0.4) is 0 Å². The molecule has 4 N–H and O–H groups in total. The Kier molecular flexibility index (Phi) is 5.44. The van der Waals surface area contributed by atoms with Gasteiger partial charge in [-0.15, -0.1) is 34.9 Å². The molecule has 0 spiro atoms. The monoisotopic (exact) mass is 455 g/mol. The van der Waals surface area contributed by atoms with Gasteiger partial charge < -0.3 is 21.0 Å². The number of rotatable bonds is 7. The Hall–Kier alpha value is -2.25. The van der Waals surface area contributed by atoms with E-state index in [0.717, 1.165) is 24.2 Å². The number of aliphatic carboxylic acids is 1. The first-order valence-corrected chi connectivity index (χ1v) is 11.8.